The largest absolute Gasteiger partial charge is 0.438 e. The van der Waals surface area contributed by atoms with Crippen molar-refractivity contribution >= 4 is 23.2 Å². The first-order valence-corrected chi connectivity index (χ1v) is 5.66. The predicted octanol–water partition coefficient (Wildman–Crippen LogP) is 2.19. The highest BCUT2D eigenvalue weighted by molar-refractivity contribution is 6.01. The third-order valence-corrected chi connectivity index (χ3v) is 2.26. The number of benzene rings is 1. The molecule has 2 amide bonds. The molecule has 0 aliphatic heterocycles. The number of hydrogen-bond donors (Lipinski definition) is 2. The number of carbonyl (C=O) groups excluding carboxylic acids is 2. The molecule has 0 atom stereocenters. The molecule has 0 saturated carbocycles. The highest BCUT2D eigenvalue weighted by Gasteiger charge is 2.12. The van der Waals surface area contributed by atoms with Gasteiger partial charge in [0.15, 0.2) is 0 Å². The van der Waals surface area contributed by atoms with Crippen LogP contribution >= 0.6 is 0 Å². The number of aromatic nitrogens is 1. The van der Waals surface area contributed by atoms with Crippen molar-refractivity contribution in [2.75, 3.05) is 10.6 Å². The van der Waals surface area contributed by atoms with E-state index in [0.717, 1.165) is 0 Å². The molecule has 0 radical (unpaired) electrons. The molecule has 1 heterocycles. The van der Waals surface area contributed by atoms with E-state index in [1.807, 2.05) is 0 Å². The number of amides is 2. The van der Waals surface area contributed by atoms with Crippen LogP contribution in [0.2, 0.25) is 0 Å². The summed E-state index contributed by atoms with van der Waals surface area (Å²) in [6.45, 7) is 3.13. The Kier molecular flexibility index (Phi) is 3.61. The summed E-state index contributed by atoms with van der Waals surface area (Å²) in [5.41, 5.74) is 1.15. The summed E-state index contributed by atoms with van der Waals surface area (Å²) in [5.74, 6) is -0.0422. The standard InChI is InChI=1S/C13H13N3O3/c1-8-7-14-13(19-8)12(18)16-11-5-3-4-10(6-11)15-9(2)17/h3-7H,1-2H3,(H,15,17)(H,16,18). The van der Waals surface area contributed by atoms with Crippen LogP contribution in [0.4, 0.5) is 11.4 Å². The molecule has 1 aromatic carbocycles. The van der Waals surface area contributed by atoms with Crippen LogP contribution < -0.4 is 10.6 Å². The van der Waals surface area contributed by atoms with Crippen molar-refractivity contribution in [2.24, 2.45) is 0 Å². The Hall–Kier alpha value is -2.63. The zero-order valence-corrected chi connectivity index (χ0v) is 10.6. The molecule has 0 saturated heterocycles. The molecule has 0 aliphatic rings. The number of anilines is 2. The van der Waals surface area contributed by atoms with Crippen molar-refractivity contribution in [2.45, 2.75) is 13.8 Å². The molecule has 0 fully saturated rings. The van der Waals surface area contributed by atoms with Gasteiger partial charge in [0.05, 0.1) is 6.20 Å². The van der Waals surface area contributed by atoms with E-state index >= 15 is 0 Å². The lowest BCUT2D eigenvalue weighted by Gasteiger charge is -2.06. The summed E-state index contributed by atoms with van der Waals surface area (Å²) >= 11 is 0. The molecule has 2 rings (SSSR count). The van der Waals surface area contributed by atoms with Crippen molar-refractivity contribution in [3.05, 3.63) is 42.1 Å². The van der Waals surface area contributed by atoms with Crippen molar-refractivity contribution in [1.82, 2.24) is 4.98 Å². The number of aryl methyl sites for hydroxylation is 1. The zero-order chi connectivity index (χ0) is 13.8. The summed E-state index contributed by atoms with van der Waals surface area (Å²) in [5, 5.41) is 5.27. The summed E-state index contributed by atoms with van der Waals surface area (Å²) < 4.78 is 5.12. The van der Waals surface area contributed by atoms with Gasteiger partial charge >= 0.3 is 5.91 Å². The molecule has 0 aliphatic carbocycles. The van der Waals surface area contributed by atoms with Gasteiger partial charge in [-0.15, -0.1) is 0 Å². The smallest absolute Gasteiger partial charge is 0.311 e. The van der Waals surface area contributed by atoms with Gasteiger partial charge in [0.2, 0.25) is 5.91 Å². The van der Waals surface area contributed by atoms with Crippen LogP contribution in [-0.2, 0) is 4.79 Å². The van der Waals surface area contributed by atoms with Gasteiger partial charge in [-0.3, -0.25) is 9.59 Å². The van der Waals surface area contributed by atoms with Crippen LogP contribution in [0.1, 0.15) is 23.4 Å². The third-order valence-electron chi connectivity index (χ3n) is 2.26. The van der Waals surface area contributed by atoms with Crippen molar-refractivity contribution in [1.29, 1.82) is 0 Å². The second-order valence-corrected chi connectivity index (χ2v) is 3.99. The van der Waals surface area contributed by atoms with Crippen LogP contribution in [0, 0.1) is 6.92 Å². The predicted molar refractivity (Wildman–Crippen MR) is 69.9 cm³/mol. The fourth-order valence-electron chi connectivity index (χ4n) is 1.52. The van der Waals surface area contributed by atoms with E-state index in [-0.39, 0.29) is 11.8 Å². The number of oxazole rings is 1. The first-order chi connectivity index (χ1) is 9.04. The maximum absolute atomic E-state index is 11.8. The number of rotatable bonds is 3. The lowest BCUT2D eigenvalue weighted by atomic mass is 10.2. The molecule has 1 aromatic heterocycles. The third kappa shape index (κ3) is 3.41. The Morgan fingerprint density at radius 3 is 2.47 bits per heavy atom. The maximum atomic E-state index is 11.8. The van der Waals surface area contributed by atoms with Gasteiger partial charge in [-0.05, 0) is 25.1 Å². The minimum Gasteiger partial charge on any atom is -0.438 e. The van der Waals surface area contributed by atoms with E-state index in [2.05, 4.69) is 15.6 Å². The Bertz CT molecular complexity index is 619. The monoisotopic (exact) mass is 259 g/mol. The Balaban J connectivity index is 2.10. The molecule has 0 unspecified atom stereocenters. The van der Waals surface area contributed by atoms with Crippen molar-refractivity contribution in [3.63, 3.8) is 0 Å². The van der Waals surface area contributed by atoms with E-state index < -0.39 is 5.91 Å². The van der Waals surface area contributed by atoms with Crippen molar-refractivity contribution in [3.8, 4) is 0 Å². The van der Waals surface area contributed by atoms with Gasteiger partial charge in [-0.25, -0.2) is 4.98 Å². The zero-order valence-electron chi connectivity index (χ0n) is 10.6. The van der Waals surface area contributed by atoms with Gasteiger partial charge in [-0.1, -0.05) is 6.07 Å². The van der Waals surface area contributed by atoms with Gasteiger partial charge < -0.3 is 15.1 Å². The quantitative estimate of drug-likeness (QED) is 0.884. The number of nitrogens with one attached hydrogen (secondary N) is 2. The Morgan fingerprint density at radius 2 is 1.89 bits per heavy atom. The summed E-state index contributed by atoms with van der Waals surface area (Å²) in [6, 6.07) is 6.81. The molecular formula is C13H13N3O3. The lowest BCUT2D eigenvalue weighted by Crippen LogP contribution is -2.12. The van der Waals surface area contributed by atoms with Gasteiger partial charge in [0.25, 0.3) is 5.89 Å². The summed E-state index contributed by atoms with van der Waals surface area (Å²) in [4.78, 5) is 26.6. The molecule has 19 heavy (non-hydrogen) atoms. The molecular weight excluding hydrogens is 246 g/mol. The van der Waals surface area contributed by atoms with Gasteiger partial charge in [0, 0.05) is 18.3 Å². The van der Waals surface area contributed by atoms with E-state index in [0.29, 0.717) is 17.1 Å². The second kappa shape index (κ2) is 5.34. The van der Waals surface area contributed by atoms with E-state index in [1.165, 1.54) is 13.1 Å². The fourth-order valence-corrected chi connectivity index (χ4v) is 1.52. The van der Waals surface area contributed by atoms with E-state index in [9.17, 15) is 9.59 Å². The Morgan fingerprint density at radius 1 is 1.21 bits per heavy atom. The highest BCUT2D eigenvalue weighted by Crippen LogP contribution is 2.16. The molecule has 2 aromatic rings. The SMILES string of the molecule is CC(=O)Nc1cccc(NC(=O)c2ncc(C)o2)c1. The topological polar surface area (TPSA) is 84.2 Å². The van der Waals surface area contributed by atoms with Crippen molar-refractivity contribution < 1.29 is 14.0 Å². The molecule has 98 valence electrons. The molecule has 0 spiro atoms. The molecule has 2 N–H and O–H groups in total. The number of nitrogens with zero attached hydrogens (tertiary/aromatic N) is 1. The second-order valence-electron chi connectivity index (χ2n) is 3.99. The van der Waals surface area contributed by atoms with Crippen LogP contribution in [-0.4, -0.2) is 16.8 Å². The summed E-state index contributed by atoms with van der Waals surface area (Å²) in [6.07, 6.45) is 1.47. The first-order valence-electron chi connectivity index (χ1n) is 5.66. The number of hydrogen-bond acceptors (Lipinski definition) is 4. The normalized spacial score (nSPS) is 10.0. The average molecular weight is 259 g/mol. The van der Waals surface area contributed by atoms with E-state index in [1.54, 1.807) is 31.2 Å². The minimum absolute atomic E-state index is 0.00225. The molecule has 6 nitrogen and oxygen atoms in total. The average Bonchev–Trinajstić information content (AvgIpc) is 2.75. The van der Waals surface area contributed by atoms with Gasteiger partial charge in [-0.2, -0.15) is 0 Å². The van der Waals surface area contributed by atoms with Crippen LogP contribution in [0.3, 0.4) is 0 Å². The first kappa shape index (κ1) is 12.8. The van der Waals surface area contributed by atoms with Crippen LogP contribution in [0.25, 0.3) is 0 Å². The summed E-state index contributed by atoms with van der Waals surface area (Å²) in [7, 11) is 0. The molecule has 0 bridgehead atoms. The molecule has 6 heteroatoms. The highest BCUT2D eigenvalue weighted by atomic mass is 16.4. The van der Waals surface area contributed by atoms with E-state index in [4.69, 9.17) is 4.42 Å². The number of carbonyl (C=O) groups is 2. The van der Waals surface area contributed by atoms with Crippen LogP contribution in [0.5, 0.6) is 0 Å². The Labute approximate surface area is 109 Å². The van der Waals surface area contributed by atoms with Crippen LogP contribution in [0.15, 0.2) is 34.9 Å². The van der Waals surface area contributed by atoms with Gasteiger partial charge in [0.1, 0.15) is 5.76 Å². The fraction of sp³-hybridized carbons (Fsp3) is 0.154. The minimum atomic E-state index is -0.437. The maximum Gasteiger partial charge on any atom is 0.311 e. The lowest BCUT2D eigenvalue weighted by molar-refractivity contribution is -0.114.